The number of hydrogen-bond donors (Lipinski definition) is 0. The maximum absolute atomic E-state index is 2.55. The van der Waals surface area contributed by atoms with Gasteiger partial charge in [0.05, 0.1) is 12.8 Å². The molecule has 0 unspecified atom stereocenters. The third-order valence-electron chi connectivity index (χ3n) is 3.66. The van der Waals surface area contributed by atoms with Gasteiger partial charge >= 0.3 is 0 Å². The second kappa shape index (κ2) is 4.79. The molecule has 2 heteroatoms. The summed E-state index contributed by atoms with van der Waals surface area (Å²) in [5.74, 6) is 0. The topological polar surface area (TPSA) is 6.48 Å². The molecule has 0 amide bonds. The van der Waals surface area contributed by atoms with Crippen molar-refractivity contribution >= 4 is 0 Å². The van der Waals surface area contributed by atoms with E-state index in [1.165, 1.54) is 11.1 Å². The number of benzene rings is 1. The van der Waals surface area contributed by atoms with Crippen LogP contribution in [-0.4, -0.2) is 28.6 Å². The summed E-state index contributed by atoms with van der Waals surface area (Å²) in [4.78, 5) is 5.09. The number of nitrogens with zero attached hydrogens (tertiary/aromatic N) is 2. The molecule has 1 heterocycles. The van der Waals surface area contributed by atoms with Gasteiger partial charge in [0.25, 0.3) is 0 Å². The molecule has 0 aromatic heterocycles. The maximum Gasteiger partial charge on any atom is 0.0911 e. The Balaban J connectivity index is 2.22. The smallest absolute Gasteiger partial charge is 0.0911 e. The van der Waals surface area contributed by atoms with Crippen molar-refractivity contribution in [2.45, 2.75) is 52.9 Å². The summed E-state index contributed by atoms with van der Waals surface area (Å²) in [6.45, 7) is 12.3. The summed E-state index contributed by atoms with van der Waals surface area (Å²) in [6, 6.07) is 10.2. The SMILES string of the molecule is Cc1ccc(C2N(C(C)C)CN2C(C)C)cc1. The highest BCUT2D eigenvalue weighted by Gasteiger charge is 2.39. The molecule has 0 saturated carbocycles. The Labute approximate surface area is 105 Å². The molecule has 1 aromatic rings. The summed E-state index contributed by atoms with van der Waals surface area (Å²) in [6.07, 6.45) is 0.468. The maximum atomic E-state index is 2.55. The fourth-order valence-corrected chi connectivity index (χ4v) is 2.45. The Morgan fingerprint density at radius 1 is 0.941 bits per heavy atom. The van der Waals surface area contributed by atoms with Crippen LogP contribution >= 0.6 is 0 Å². The summed E-state index contributed by atoms with van der Waals surface area (Å²) in [5, 5.41) is 0. The molecule has 94 valence electrons. The van der Waals surface area contributed by atoms with Gasteiger partial charge in [-0.2, -0.15) is 0 Å². The van der Waals surface area contributed by atoms with Crippen LogP contribution in [0.5, 0.6) is 0 Å². The van der Waals surface area contributed by atoms with Gasteiger partial charge in [-0.15, -0.1) is 0 Å². The van der Waals surface area contributed by atoms with E-state index < -0.39 is 0 Å². The molecular formula is C15H24N2. The highest BCUT2D eigenvalue weighted by atomic mass is 15.5. The minimum Gasteiger partial charge on any atom is -0.268 e. The minimum atomic E-state index is 0.468. The molecule has 0 spiro atoms. The van der Waals surface area contributed by atoms with Crippen molar-refractivity contribution in [2.24, 2.45) is 0 Å². The van der Waals surface area contributed by atoms with E-state index in [-0.39, 0.29) is 0 Å². The van der Waals surface area contributed by atoms with Crippen molar-refractivity contribution < 1.29 is 0 Å². The van der Waals surface area contributed by atoms with Crippen LogP contribution in [0, 0.1) is 6.92 Å². The van der Waals surface area contributed by atoms with Crippen molar-refractivity contribution in [3.8, 4) is 0 Å². The number of aryl methyl sites for hydroxylation is 1. The van der Waals surface area contributed by atoms with Gasteiger partial charge in [0.1, 0.15) is 0 Å². The van der Waals surface area contributed by atoms with Gasteiger partial charge in [0.15, 0.2) is 0 Å². The fourth-order valence-electron chi connectivity index (χ4n) is 2.45. The lowest BCUT2D eigenvalue weighted by Gasteiger charge is -2.55. The molecule has 1 fully saturated rings. The highest BCUT2D eigenvalue weighted by Crippen LogP contribution is 2.37. The van der Waals surface area contributed by atoms with Crippen LogP contribution < -0.4 is 0 Å². The molecule has 1 aliphatic heterocycles. The summed E-state index contributed by atoms with van der Waals surface area (Å²) < 4.78 is 0. The van der Waals surface area contributed by atoms with Crippen LogP contribution in [0.4, 0.5) is 0 Å². The Bertz CT molecular complexity index is 353. The fraction of sp³-hybridized carbons (Fsp3) is 0.600. The lowest BCUT2D eigenvalue weighted by atomic mass is 10.0. The summed E-state index contributed by atoms with van der Waals surface area (Å²) in [5.41, 5.74) is 2.75. The van der Waals surface area contributed by atoms with E-state index >= 15 is 0 Å². The minimum absolute atomic E-state index is 0.468. The van der Waals surface area contributed by atoms with Crippen LogP contribution in [0.25, 0.3) is 0 Å². The van der Waals surface area contributed by atoms with Gasteiger partial charge in [-0.3, -0.25) is 9.80 Å². The van der Waals surface area contributed by atoms with Gasteiger partial charge in [-0.05, 0) is 40.2 Å². The van der Waals surface area contributed by atoms with E-state index in [1.807, 2.05) is 0 Å². The number of rotatable bonds is 3. The molecule has 0 radical (unpaired) electrons. The Kier molecular flexibility index (Phi) is 3.55. The van der Waals surface area contributed by atoms with Gasteiger partial charge in [0, 0.05) is 12.1 Å². The zero-order valence-corrected chi connectivity index (χ0v) is 11.6. The van der Waals surface area contributed by atoms with Crippen LogP contribution in [0.1, 0.15) is 45.0 Å². The molecule has 0 N–H and O–H groups in total. The molecule has 1 aromatic carbocycles. The van der Waals surface area contributed by atoms with Gasteiger partial charge < -0.3 is 0 Å². The summed E-state index contributed by atoms with van der Waals surface area (Å²) in [7, 11) is 0. The summed E-state index contributed by atoms with van der Waals surface area (Å²) >= 11 is 0. The Morgan fingerprint density at radius 3 is 1.82 bits per heavy atom. The van der Waals surface area contributed by atoms with Crippen molar-refractivity contribution in [1.29, 1.82) is 0 Å². The zero-order valence-electron chi connectivity index (χ0n) is 11.6. The second-order valence-corrected chi connectivity index (χ2v) is 5.64. The molecule has 0 bridgehead atoms. The third-order valence-corrected chi connectivity index (χ3v) is 3.66. The van der Waals surface area contributed by atoms with Crippen LogP contribution in [0.2, 0.25) is 0 Å². The zero-order chi connectivity index (χ0) is 12.6. The van der Waals surface area contributed by atoms with Crippen molar-refractivity contribution in [3.05, 3.63) is 35.4 Å². The van der Waals surface area contributed by atoms with Crippen molar-refractivity contribution in [1.82, 2.24) is 9.80 Å². The second-order valence-electron chi connectivity index (χ2n) is 5.64. The Morgan fingerprint density at radius 2 is 1.41 bits per heavy atom. The molecular weight excluding hydrogens is 208 g/mol. The Hall–Kier alpha value is -0.860. The van der Waals surface area contributed by atoms with E-state index in [1.54, 1.807) is 0 Å². The quantitative estimate of drug-likeness (QED) is 0.788. The van der Waals surface area contributed by atoms with Gasteiger partial charge in [-0.25, -0.2) is 0 Å². The first kappa shape index (κ1) is 12.6. The first-order valence-electron chi connectivity index (χ1n) is 6.58. The lowest BCUT2D eigenvalue weighted by Crippen LogP contribution is -2.61. The van der Waals surface area contributed by atoms with Gasteiger partial charge in [-0.1, -0.05) is 29.8 Å². The normalized spacial score (nSPS) is 19.0. The average Bonchev–Trinajstić information content (AvgIpc) is 2.18. The third kappa shape index (κ3) is 2.38. The predicted octanol–water partition coefficient (Wildman–Crippen LogP) is 3.39. The molecule has 1 aliphatic rings. The van der Waals surface area contributed by atoms with Crippen LogP contribution in [0.3, 0.4) is 0 Å². The van der Waals surface area contributed by atoms with Crippen molar-refractivity contribution in [2.75, 3.05) is 6.67 Å². The first-order valence-corrected chi connectivity index (χ1v) is 6.58. The van der Waals surface area contributed by atoms with E-state index in [0.29, 0.717) is 18.2 Å². The molecule has 2 rings (SSSR count). The standard InChI is InChI=1S/C15H24N2/c1-11(2)16-10-17(12(3)4)15(16)14-8-6-13(5)7-9-14/h6-9,11-12,15H,10H2,1-5H3. The monoisotopic (exact) mass is 232 g/mol. The molecule has 1 saturated heterocycles. The van der Waals surface area contributed by atoms with E-state index in [2.05, 4.69) is 68.7 Å². The predicted molar refractivity (Wildman–Crippen MR) is 72.7 cm³/mol. The largest absolute Gasteiger partial charge is 0.268 e. The molecule has 2 nitrogen and oxygen atoms in total. The number of hydrogen-bond acceptors (Lipinski definition) is 2. The van der Waals surface area contributed by atoms with E-state index in [0.717, 1.165) is 6.67 Å². The van der Waals surface area contributed by atoms with Crippen molar-refractivity contribution in [3.63, 3.8) is 0 Å². The average molecular weight is 232 g/mol. The van der Waals surface area contributed by atoms with E-state index in [4.69, 9.17) is 0 Å². The first-order chi connectivity index (χ1) is 8.00. The van der Waals surface area contributed by atoms with Crippen LogP contribution in [-0.2, 0) is 0 Å². The molecule has 17 heavy (non-hydrogen) atoms. The van der Waals surface area contributed by atoms with E-state index in [9.17, 15) is 0 Å². The highest BCUT2D eigenvalue weighted by molar-refractivity contribution is 5.25. The molecule has 0 atom stereocenters. The lowest BCUT2D eigenvalue weighted by molar-refractivity contribution is -0.146. The van der Waals surface area contributed by atoms with Gasteiger partial charge in [0.2, 0.25) is 0 Å². The molecule has 0 aliphatic carbocycles. The van der Waals surface area contributed by atoms with Crippen LogP contribution in [0.15, 0.2) is 24.3 Å².